The molecule has 4 nitrogen and oxygen atoms in total. The van der Waals surface area contributed by atoms with Gasteiger partial charge in [0.05, 0.1) is 0 Å². The maximum Gasteiger partial charge on any atom is 0.246 e. The van der Waals surface area contributed by atoms with Gasteiger partial charge in [-0.15, -0.1) is 0 Å². The van der Waals surface area contributed by atoms with Crippen LogP contribution in [0.2, 0.25) is 0 Å². The summed E-state index contributed by atoms with van der Waals surface area (Å²) in [4.78, 5) is 13.9. The van der Waals surface area contributed by atoms with Crippen molar-refractivity contribution in [3.8, 4) is 0 Å². The predicted molar refractivity (Wildman–Crippen MR) is 64.2 cm³/mol. The molecule has 0 aromatic heterocycles. The first kappa shape index (κ1) is 11.1. The van der Waals surface area contributed by atoms with E-state index in [1.807, 2.05) is 31.0 Å². The number of hydrogen-bond donors (Lipinski definition) is 2. The quantitative estimate of drug-likeness (QED) is 0.793. The van der Waals surface area contributed by atoms with Gasteiger partial charge in [0, 0.05) is 24.3 Å². The number of nitrogens with one attached hydrogen (secondary N) is 1. The van der Waals surface area contributed by atoms with E-state index in [9.17, 15) is 4.79 Å². The lowest BCUT2D eigenvalue weighted by atomic mass is 10.0. The van der Waals surface area contributed by atoms with Crippen LogP contribution in [-0.4, -0.2) is 30.9 Å². The number of rotatable bonds is 3. The van der Waals surface area contributed by atoms with Crippen LogP contribution < -0.4 is 11.1 Å². The fourth-order valence-electron chi connectivity index (χ4n) is 2.13. The normalized spacial score (nSPS) is 18.8. The molecule has 1 heterocycles. The zero-order valence-electron chi connectivity index (χ0n) is 9.66. The van der Waals surface area contributed by atoms with E-state index in [2.05, 4.69) is 11.4 Å². The third-order valence-electron chi connectivity index (χ3n) is 2.93. The lowest BCUT2D eigenvalue weighted by molar-refractivity contribution is -0.120. The second-order valence-corrected chi connectivity index (χ2v) is 4.25. The first-order valence-electron chi connectivity index (χ1n) is 5.45. The number of likely N-dealkylation sites (N-methyl/N-ethyl adjacent to an activating group) is 1. The highest BCUT2D eigenvalue weighted by molar-refractivity contribution is 6.02. The Balaban J connectivity index is 2.34. The summed E-state index contributed by atoms with van der Waals surface area (Å²) in [5.41, 5.74) is 8.66. The third kappa shape index (κ3) is 1.81. The Bertz CT molecular complexity index is 417. The van der Waals surface area contributed by atoms with Gasteiger partial charge in [-0.1, -0.05) is 17.7 Å². The number of carbonyl (C=O) groups is 1. The smallest absolute Gasteiger partial charge is 0.246 e. The SMILES string of the molecule is Cc1ccc2c(c1)C(N(C)CCN)C(=O)N2. The minimum absolute atomic E-state index is 0.0385. The van der Waals surface area contributed by atoms with Crippen LogP contribution >= 0.6 is 0 Å². The molecule has 0 saturated heterocycles. The number of amides is 1. The molecule has 0 saturated carbocycles. The Morgan fingerprint density at radius 1 is 1.50 bits per heavy atom. The Hall–Kier alpha value is -1.39. The van der Waals surface area contributed by atoms with Gasteiger partial charge in [-0.3, -0.25) is 9.69 Å². The van der Waals surface area contributed by atoms with E-state index in [0.717, 1.165) is 11.3 Å². The third-order valence-corrected chi connectivity index (χ3v) is 2.93. The number of nitrogens with two attached hydrogens (primary N) is 1. The largest absolute Gasteiger partial charge is 0.329 e. The standard InChI is InChI=1S/C12H17N3O/c1-8-3-4-10-9(7-8)11(12(16)14-10)15(2)6-5-13/h3-4,7,11H,5-6,13H2,1-2H3,(H,14,16). The molecule has 1 atom stereocenters. The van der Waals surface area contributed by atoms with Gasteiger partial charge < -0.3 is 11.1 Å². The van der Waals surface area contributed by atoms with Gasteiger partial charge in [-0.05, 0) is 20.0 Å². The Kier molecular flexibility index (Phi) is 2.94. The summed E-state index contributed by atoms with van der Waals surface area (Å²) >= 11 is 0. The molecule has 3 N–H and O–H groups in total. The van der Waals surface area contributed by atoms with Crippen molar-refractivity contribution in [2.45, 2.75) is 13.0 Å². The molecule has 4 heteroatoms. The van der Waals surface area contributed by atoms with Crippen LogP contribution in [0.15, 0.2) is 18.2 Å². The van der Waals surface area contributed by atoms with Crippen LogP contribution in [0.4, 0.5) is 5.69 Å². The number of aryl methyl sites for hydroxylation is 1. The van der Waals surface area contributed by atoms with E-state index in [0.29, 0.717) is 13.1 Å². The summed E-state index contributed by atoms with van der Waals surface area (Å²) < 4.78 is 0. The van der Waals surface area contributed by atoms with E-state index >= 15 is 0 Å². The van der Waals surface area contributed by atoms with Crippen LogP contribution in [0.1, 0.15) is 17.2 Å². The van der Waals surface area contributed by atoms with E-state index in [1.54, 1.807) is 0 Å². The highest BCUT2D eigenvalue weighted by Crippen LogP contribution is 2.34. The molecular formula is C12H17N3O. The van der Waals surface area contributed by atoms with Crippen molar-refractivity contribution < 1.29 is 4.79 Å². The fourth-order valence-corrected chi connectivity index (χ4v) is 2.13. The van der Waals surface area contributed by atoms with E-state index in [-0.39, 0.29) is 11.9 Å². The molecular weight excluding hydrogens is 202 g/mol. The van der Waals surface area contributed by atoms with E-state index < -0.39 is 0 Å². The topological polar surface area (TPSA) is 58.4 Å². The van der Waals surface area contributed by atoms with Gasteiger partial charge in [0.25, 0.3) is 0 Å². The molecule has 1 aromatic carbocycles. The van der Waals surface area contributed by atoms with Gasteiger partial charge in [0.1, 0.15) is 6.04 Å². The molecule has 0 bridgehead atoms. The fraction of sp³-hybridized carbons (Fsp3) is 0.417. The molecule has 2 rings (SSSR count). The van der Waals surface area contributed by atoms with Gasteiger partial charge >= 0.3 is 0 Å². The second kappa shape index (κ2) is 4.23. The Morgan fingerprint density at radius 2 is 2.25 bits per heavy atom. The minimum Gasteiger partial charge on any atom is -0.329 e. The van der Waals surface area contributed by atoms with Crippen LogP contribution in [0.5, 0.6) is 0 Å². The van der Waals surface area contributed by atoms with E-state index in [4.69, 9.17) is 5.73 Å². The molecule has 0 spiro atoms. The number of benzene rings is 1. The summed E-state index contributed by atoms with van der Waals surface area (Å²) in [6.07, 6.45) is 0. The lowest BCUT2D eigenvalue weighted by Gasteiger charge is -2.22. The predicted octanol–water partition coefficient (Wildman–Crippen LogP) is 0.879. The summed E-state index contributed by atoms with van der Waals surface area (Å²) in [5, 5.41) is 2.89. The van der Waals surface area contributed by atoms with Gasteiger partial charge in [0.15, 0.2) is 0 Å². The molecule has 16 heavy (non-hydrogen) atoms. The lowest BCUT2D eigenvalue weighted by Crippen LogP contribution is -2.33. The summed E-state index contributed by atoms with van der Waals surface area (Å²) in [5.74, 6) is 0.0385. The first-order chi connectivity index (χ1) is 7.63. The van der Waals surface area contributed by atoms with Crippen molar-refractivity contribution in [2.75, 3.05) is 25.5 Å². The maximum atomic E-state index is 11.9. The van der Waals surface area contributed by atoms with Crippen molar-refractivity contribution in [1.29, 1.82) is 0 Å². The van der Waals surface area contributed by atoms with Crippen molar-refractivity contribution >= 4 is 11.6 Å². The number of nitrogens with zero attached hydrogens (tertiary/aromatic N) is 1. The number of carbonyl (C=O) groups excluding carboxylic acids is 1. The Labute approximate surface area is 95.4 Å². The molecule has 0 fully saturated rings. The van der Waals surface area contributed by atoms with Crippen molar-refractivity contribution in [3.05, 3.63) is 29.3 Å². The minimum atomic E-state index is -0.196. The van der Waals surface area contributed by atoms with Crippen LogP contribution in [-0.2, 0) is 4.79 Å². The molecule has 1 aliphatic rings. The van der Waals surface area contributed by atoms with Gasteiger partial charge in [0.2, 0.25) is 5.91 Å². The number of hydrogen-bond acceptors (Lipinski definition) is 3. The van der Waals surface area contributed by atoms with Crippen molar-refractivity contribution in [2.24, 2.45) is 5.73 Å². The zero-order valence-corrected chi connectivity index (χ0v) is 9.66. The summed E-state index contributed by atoms with van der Waals surface area (Å²) in [7, 11) is 1.93. The monoisotopic (exact) mass is 219 g/mol. The number of anilines is 1. The molecule has 1 amide bonds. The molecule has 0 aliphatic carbocycles. The number of fused-ring (bicyclic) bond motifs is 1. The maximum absolute atomic E-state index is 11.9. The molecule has 1 unspecified atom stereocenters. The second-order valence-electron chi connectivity index (χ2n) is 4.25. The van der Waals surface area contributed by atoms with Crippen LogP contribution in [0.3, 0.4) is 0 Å². The van der Waals surface area contributed by atoms with Gasteiger partial charge in [-0.25, -0.2) is 0 Å². The van der Waals surface area contributed by atoms with Crippen LogP contribution in [0.25, 0.3) is 0 Å². The van der Waals surface area contributed by atoms with Crippen LogP contribution in [0, 0.1) is 6.92 Å². The van der Waals surface area contributed by atoms with E-state index in [1.165, 1.54) is 5.56 Å². The average Bonchev–Trinajstić information content (AvgIpc) is 2.53. The first-order valence-corrected chi connectivity index (χ1v) is 5.45. The molecule has 86 valence electrons. The van der Waals surface area contributed by atoms with Crippen molar-refractivity contribution in [1.82, 2.24) is 4.90 Å². The highest BCUT2D eigenvalue weighted by Gasteiger charge is 2.33. The Morgan fingerprint density at radius 3 is 2.94 bits per heavy atom. The average molecular weight is 219 g/mol. The summed E-state index contributed by atoms with van der Waals surface area (Å²) in [6, 6.07) is 5.83. The molecule has 1 aliphatic heterocycles. The van der Waals surface area contributed by atoms with Gasteiger partial charge in [-0.2, -0.15) is 0 Å². The zero-order chi connectivity index (χ0) is 11.7. The summed E-state index contributed by atoms with van der Waals surface area (Å²) in [6.45, 7) is 3.30. The highest BCUT2D eigenvalue weighted by atomic mass is 16.2. The molecule has 1 aromatic rings. The van der Waals surface area contributed by atoms with Crippen molar-refractivity contribution in [3.63, 3.8) is 0 Å². The molecule has 0 radical (unpaired) electrons.